The van der Waals surface area contributed by atoms with E-state index in [9.17, 15) is 0 Å². The molecule has 1 saturated carbocycles. The Morgan fingerprint density at radius 3 is 2.79 bits per heavy atom. The predicted molar refractivity (Wildman–Crippen MR) is 47.4 cm³/mol. The molecule has 6 nitrogen and oxygen atoms in total. The van der Waals surface area contributed by atoms with Crippen molar-refractivity contribution in [1.29, 1.82) is 0 Å². The Hall–Kier alpha value is -1.01. The van der Waals surface area contributed by atoms with Gasteiger partial charge in [-0.3, -0.25) is 4.90 Å². The van der Waals surface area contributed by atoms with E-state index in [0.717, 1.165) is 25.5 Å². The molecule has 0 amide bonds. The van der Waals surface area contributed by atoms with Crippen molar-refractivity contribution in [3.63, 3.8) is 0 Å². The Morgan fingerprint density at radius 2 is 2.14 bits per heavy atom. The highest BCUT2D eigenvalue weighted by atomic mass is 16.3. The van der Waals surface area contributed by atoms with Crippen LogP contribution in [0.1, 0.15) is 24.7 Å². The smallest absolute Gasteiger partial charge is 0.165 e. The molecular weight excluding hydrogens is 182 g/mol. The first-order valence-corrected chi connectivity index (χ1v) is 5.00. The van der Waals surface area contributed by atoms with E-state index in [0.29, 0.717) is 6.04 Å². The summed E-state index contributed by atoms with van der Waals surface area (Å²) in [6.45, 7) is 2.26. The van der Waals surface area contributed by atoms with E-state index in [2.05, 4.69) is 20.4 Å². The van der Waals surface area contributed by atoms with Gasteiger partial charge in [-0.1, -0.05) is 0 Å². The summed E-state index contributed by atoms with van der Waals surface area (Å²) in [7, 11) is 0. The molecule has 1 aromatic heterocycles. The molecule has 2 aliphatic rings. The number of rotatable bonds is 3. The van der Waals surface area contributed by atoms with Crippen molar-refractivity contribution < 1.29 is 5.11 Å². The number of tetrazole rings is 1. The fraction of sp³-hybridized carbons (Fsp3) is 0.875. The van der Waals surface area contributed by atoms with E-state index in [1.54, 1.807) is 0 Å². The molecule has 2 fully saturated rings. The lowest BCUT2D eigenvalue weighted by atomic mass is 10.2. The molecule has 0 bridgehead atoms. The van der Waals surface area contributed by atoms with Crippen LogP contribution in [0.2, 0.25) is 0 Å². The fourth-order valence-electron chi connectivity index (χ4n) is 1.79. The van der Waals surface area contributed by atoms with Crippen molar-refractivity contribution in [1.82, 2.24) is 25.1 Å². The van der Waals surface area contributed by atoms with Crippen molar-refractivity contribution in [3.05, 3.63) is 5.82 Å². The maximum atomic E-state index is 9.14. The second-order valence-electron chi connectivity index (χ2n) is 4.12. The summed E-state index contributed by atoms with van der Waals surface area (Å²) >= 11 is 0. The van der Waals surface area contributed by atoms with Crippen LogP contribution in [0.5, 0.6) is 0 Å². The zero-order chi connectivity index (χ0) is 9.54. The number of aliphatic hydroxyl groups is 1. The summed E-state index contributed by atoms with van der Waals surface area (Å²) < 4.78 is 1.92. The summed E-state index contributed by atoms with van der Waals surface area (Å²) in [5.41, 5.74) is 0. The van der Waals surface area contributed by atoms with E-state index in [4.69, 9.17) is 5.11 Å². The van der Waals surface area contributed by atoms with E-state index in [1.165, 1.54) is 12.8 Å². The van der Waals surface area contributed by atoms with Gasteiger partial charge in [0.05, 0.1) is 18.7 Å². The second-order valence-corrected chi connectivity index (χ2v) is 4.12. The third kappa shape index (κ3) is 1.40. The normalized spacial score (nSPS) is 23.8. The highest BCUT2D eigenvalue weighted by Gasteiger charge is 2.30. The zero-order valence-electron chi connectivity index (χ0n) is 7.87. The third-order valence-electron chi connectivity index (χ3n) is 2.76. The molecule has 76 valence electrons. The first kappa shape index (κ1) is 8.31. The summed E-state index contributed by atoms with van der Waals surface area (Å²) in [4.78, 5) is 2.15. The van der Waals surface area contributed by atoms with Gasteiger partial charge >= 0.3 is 0 Å². The van der Waals surface area contributed by atoms with Gasteiger partial charge in [0.2, 0.25) is 0 Å². The Kier molecular flexibility index (Phi) is 1.78. The standard InChI is InChI=1S/C8H13N5O/c14-7-3-12(4-7)5-8-9-10-11-13(8)6-1-2-6/h6-7,14H,1-5H2. The van der Waals surface area contributed by atoms with Gasteiger partial charge in [0.25, 0.3) is 0 Å². The highest BCUT2D eigenvalue weighted by molar-refractivity contribution is 4.92. The number of aliphatic hydroxyl groups excluding tert-OH is 1. The summed E-state index contributed by atoms with van der Waals surface area (Å²) in [6, 6.07) is 0.534. The molecule has 6 heteroatoms. The molecule has 2 heterocycles. The minimum atomic E-state index is -0.153. The minimum Gasteiger partial charge on any atom is -0.390 e. The Morgan fingerprint density at radius 1 is 1.36 bits per heavy atom. The van der Waals surface area contributed by atoms with Crippen LogP contribution in [0.3, 0.4) is 0 Å². The maximum Gasteiger partial charge on any atom is 0.165 e. The molecule has 1 aliphatic carbocycles. The van der Waals surface area contributed by atoms with Crippen LogP contribution in [-0.4, -0.2) is 49.4 Å². The number of hydrogen-bond acceptors (Lipinski definition) is 5. The Labute approximate surface area is 81.5 Å². The van der Waals surface area contributed by atoms with Gasteiger partial charge in [-0.15, -0.1) is 5.10 Å². The molecule has 14 heavy (non-hydrogen) atoms. The molecule has 0 unspecified atom stereocenters. The Balaban J connectivity index is 1.67. The molecular formula is C8H13N5O. The van der Waals surface area contributed by atoms with Gasteiger partial charge in [0, 0.05) is 13.1 Å². The maximum absolute atomic E-state index is 9.14. The molecule has 0 aromatic carbocycles. The average molecular weight is 195 g/mol. The molecule has 0 atom stereocenters. The van der Waals surface area contributed by atoms with Crippen molar-refractivity contribution in [2.45, 2.75) is 31.5 Å². The molecule has 1 aliphatic heterocycles. The Bertz CT molecular complexity index is 328. The van der Waals surface area contributed by atoms with Crippen LogP contribution in [0, 0.1) is 0 Å². The first-order chi connectivity index (χ1) is 6.83. The summed E-state index contributed by atoms with van der Waals surface area (Å²) in [5, 5.41) is 20.8. The predicted octanol–water partition coefficient (Wildman–Crippen LogP) is -0.816. The molecule has 0 radical (unpaired) electrons. The molecule has 0 spiro atoms. The van der Waals surface area contributed by atoms with Crippen molar-refractivity contribution in [2.75, 3.05) is 13.1 Å². The van der Waals surface area contributed by atoms with E-state index in [-0.39, 0.29) is 6.10 Å². The number of β-amino-alcohol motifs (C(OH)–C–C–N with tert-alkyl or cyclic N) is 1. The number of nitrogens with zero attached hydrogens (tertiary/aromatic N) is 5. The largest absolute Gasteiger partial charge is 0.390 e. The van der Waals surface area contributed by atoms with Crippen LogP contribution >= 0.6 is 0 Å². The van der Waals surface area contributed by atoms with Crippen molar-refractivity contribution >= 4 is 0 Å². The van der Waals surface area contributed by atoms with Gasteiger partial charge in [-0.05, 0) is 23.3 Å². The molecule has 1 saturated heterocycles. The minimum absolute atomic E-state index is 0.153. The number of likely N-dealkylation sites (tertiary alicyclic amines) is 1. The van der Waals surface area contributed by atoms with E-state index >= 15 is 0 Å². The van der Waals surface area contributed by atoms with Crippen LogP contribution in [0.15, 0.2) is 0 Å². The highest BCUT2D eigenvalue weighted by Crippen LogP contribution is 2.34. The fourth-order valence-corrected chi connectivity index (χ4v) is 1.79. The van der Waals surface area contributed by atoms with Crippen molar-refractivity contribution in [2.24, 2.45) is 0 Å². The first-order valence-electron chi connectivity index (χ1n) is 5.00. The average Bonchev–Trinajstić information content (AvgIpc) is 2.85. The van der Waals surface area contributed by atoms with Crippen LogP contribution in [0.4, 0.5) is 0 Å². The van der Waals surface area contributed by atoms with Gasteiger partial charge in [-0.2, -0.15) is 0 Å². The molecule has 3 rings (SSSR count). The van der Waals surface area contributed by atoms with Crippen LogP contribution < -0.4 is 0 Å². The topological polar surface area (TPSA) is 67.1 Å². The lowest BCUT2D eigenvalue weighted by Crippen LogP contribution is -2.50. The SMILES string of the molecule is OC1CN(Cc2nnnn2C2CC2)C1. The lowest BCUT2D eigenvalue weighted by Gasteiger charge is -2.35. The number of aromatic nitrogens is 4. The van der Waals surface area contributed by atoms with E-state index < -0.39 is 0 Å². The summed E-state index contributed by atoms with van der Waals surface area (Å²) in [5.74, 6) is 0.930. The quantitative estimate of drug-likeness (QED) is 0.683. The lowest BCUT2D eigenvalue weighted by molar-refractivity contribution is -0.00504. The van der Waals surface area contributed by atoms with Crippen molar-refractivity contribution in [3.8, 4) is 0 Å². The monoisotopic (exact) mass is 195 g/mol. The second kappa shape index (κ2) is 2.99. The third-order valence-corrected chi connectivity index (χ3v) is 2.76. The zero-order valence-corrected chi connectivity index (χ0v) is 7.87. The molecule has 1 aromatic rings. The van der Waals surface area contributed by atoms with Crippen LogP contribution in [-0.2, 0) is 6.54 Å². The van der Waals surface area contributed by atoms with Gasteiger partial charge in [0.15, 0.2) is 5.82 Å². The van der Waals surface area contributed by atoms with Gasteiger partial charge in [-0.25, -0.2) is 4.68 Å². The number of hydrogen-bond donors (Lipinski definition) is 1. The van der Waals surface area contributed by atoms with Gasteiger partial charge in [0.1, 0.15) is 0 Å². The van der Waals surface area contributed by atoms with E-state index in [1.807, 2.05) is 4.68 Å². The van der Waals surface area contributed by atoms with Crippen LogP contribution in [0.25, 0.3) is 0 Å². The van der Waals surface area contributed by atoms with Gasteiger partial charge < -0.3 is 5.11 Å². The summed E-state index contributed by atoms with van der Waals surface area (Å²) in [6.07, 6.45) is 2.24. The molecule has 1 N–H and O–H groups in total.